The number of hydrogen-bond donors (Lipinski definition) is 9. The Bertz CT molecular complexity index is 742. The Labute approximate surface area is 174 Å². The standard InChI is InChI=1S/C15H24N6O10/c16-5(1-9(17)23)12(27)19-7(3-11(25)26)14(29)20-6(2-10(18)24)13(28)21-8(4-22)15(30)31/h5-8,22H,1-4,16H2,(H2,17,23)(H2,18,24)(H,19,27)(H,20,29)(H,21,28)(H,25,26)(H,30,31). The molecule has 0 aromatic rings. The number of aliphatic hydroxyl groups excluding tert-OH is 1. The molecule has 16 heteroatoms. The summed E-state index contributed by atoms with van der Waals surface area (Å²) in [7, 11) is 0. The molecular weight excluding hydrogens is 424 g/mol. The van der Waals surface area contributed by atoms with Crippen LogP contribution in [0.3, 0.4) is 0 Å². The van der Waals surface area contributed by atoms with E-state index in [1.165, 1.54) is 0 Å². The number of nitrogens with one attached hydrogen (secondary N) is 3. The Balaban J connectivity index is 5.47. The summed E-state index contributed by atoms with van der Waals surface area (Å²) in [5, 5.41) is 32.6. The maximum atomic E-state index is 12.4. The quantitative estimate of drug-likeness (QED) is 0.120. The molecule has 0 aliphatic rings. The van der Waals surface area contributed by atoms with E-state index in [4.69, 9.17) is 32.5 Å². The van der Waals surface area contributed by atoms with Crippen molar-refractivity contribution < 1.29 is 48.9 Å². The van der Waals surface area contributed by atoms with Crippen LogP contribution in [0.25, 0.3) is 0 Å². The largest absolute Gasteiger partial charge is 0.481 e. The maximum Gasteiger partial charge on any atom is 0.328 e. The Morgan fingerprint density at radius 1 is 0.677 bits per heavy atom. The zero-order valence-electron chi connectivity index (χ0n) is 16.1. The summed E-state index contributed by atoms with van der Waals surface area (Å²) in [4.78, 5) is 80.6. The van der Waals surface area contributed by atoms with Gasteiger partial charge in [0.2, 0.25) is 29.5 Å². The van der Waals surface area contributed by atoms with Gasteiger partial charge in [-0.1, -0.05) is 0 Å². The van der Waals surface area contributed by atoms with Crippen molar-refractivity contribution in [2.45, 2.75) is 43.4 Å². The lowest BCUT2D eigenvalue weighted by Crippen LogP contribution is -2.58. The average Bonchev–Trinajstić information content (AvgIpc) is 2.62. The summed E-state index contributed by atoms with van der Waals surface area (Å²) in [5.41, 5.74) is 15.3. The summed E-state index contributed by atoms with van der Waals surface area (Å²) in [6, 6.07) is -6.81. The number of rotatable bonds is 14. The highest BCUT2D eigenvalue weighted by Crippen LogP contribution is 2.00. The SMILES string of the molecule is NC(=O)CC(N)C(=O)NC(CC(=O)O)C(=O)NC(CC(N)=O)C(=O)NC(CO)C(=O)O. The second-order valence-electron chi connectivity index (χ2n) is 6.25. The van der Waals surface area contributed by atoms with Crippen LogP contribution in [-0.2, 0) is 33.6 Å². The van der Waals surface area contributed by atoms with Crippen LogP contribution < -0.4 is 33.2 Å². The van der Waals surface area contributed by atoms with Crippen LogP contribution in [0, 0.1) is 0 Å². The van der Waals surface area contributed by atoms with Crippen LogP contribution in [0.15, 0.2) is 0 Å². The molecule has 12 N–H and O–H groups in total. The Morgan fingerprint density at radius 2 is 1.10 bits per heavy atom. The third-order valence-corrected chi connectivity index (χ3v) is 3.61. The third kappa shape index (κ3) is 10.5. The summed E-state index contributed by atoms with van der Waals surface area (Å²) in [6.45, 7) is -1.01. The van der Waals surface area contributed by atoms with Crippen molar-refractivity contribution in [3.8, 4) is 0 Å². The third-order valence-electron chi connectivity index (χ3n) is 3.61. The number of carbonyl (C=O) groups excluding carboxylic acids is 5. The zero-order chi connectivity index (χ0) is 24.3. The summed E-state index contributed by atoms with van der Waals surface area (Å²) in [5.74, 6) is -8.73. The molecule has 0 bridgehead atoms. The predicted molar refractivity (Wildman–Crippen MR) is 98.4 cm³/mol. The van der Waals surface area contributed by atoms with Crippen molar-refractivity contribution in [3.63, 3.8) is 0 Å². The lowest BCUT2D eigenvalue weighted by Gasteiger charge is -2.23. The van der Waals surface area contributed by atoms with E-state index < -0.39 is 91.5 Å². The van der Waals surface area contributed by atoms with Crippen LogP contribution in [-0.4, -0.2) is 87.6 Å². The van der Waals surface area contributed by atoms with Gasteiger partial charge in [-0.15, -0.1) is 0 Å². The van der Waals surface area contributed by atoms with Gasteiger partial charge < -0.3 is 48.5 Å². The van der Waals surface area contributed by atoms with E-state index in [-0.39, 0.29) is 0 Å². The summed E-state index contributed by atoms with van der Waals surface area (Å²) in [6.07, 6.45) is -2.39. The highest BCUT2D eigenvalue weighted by Gasteiger charge is 2.32. The molecule has 31 heavy (non-hydrogen) atoms. The Morgan fingerprint density at radius 3 is 1.48 bits per heavy atom. The lowest BCUT2D eigenvalue weighted by atomic mass is 10.1. The first-order valence-corrected chi connectivity index (χ1v) is 8.57. The first-order chi connectivity index (χ1) is 14.3. The molecule has 0 aliphatic carbocycles. The van der Waals surface area contributed by atoms with Crippen molar-refractivity contribution in [2.75, 3.05) is 6.61 Å². The normalized spacial score (nSPS) is 14.3. The second kappa shape index (κ2) is 12.7. The fourth-order valence-corrected chi connectivity index (χ4v) is 2.11. The second-order valence-corrected chi connectivity index (χ2v) is 6.25. The fourth-order valence-electron chi connectivity index (χ4n) is 2.11. The first kappa shape index (κ1) is 27.2. The minimum atomic E-state index is -1.79. The van der Waals surface area contributed by atoms with Gasteiger partial charge in [0.1, 0.15) is 18.1 Å². The molecule has 0 aromatic carbocycles. The molecule has 174 valence electrons. The zero-order valence-corrected chi connectivity index (χ0v) is 16.1. The minimum absolute atomic E-state index is 0.600. The maximum absolute atomic E-state index is 12.4. The van der Waals surface area contributed by atoms with Crippen molar-refractivity contribution in [1.82, 2.24) is 16.0 Å². The molecule has 0 saturated carbocycles. The Hall–Kier alpha value is -3.79. The van der Waals surface area contributed by atoms with Crippen LogP contribution in [0.2, 0.25) is 0 Å². The van der Waals surface area contributed by atoms with Crippen molar-refractivity contribution in [3.05, 3.63) is 0 Å². The lowest BCUT2D eigenvalue weighted by molar-refractivity contribution is -0.144. The molecule has 5 amide bonds. The van der Waals surface area contributed by atoms with Crippen LogP contribution in [0.1, 0.15) is 19.3 Å². The van der Waals surface area contributed by atoms with E-state index in [1.54, 1.807) is 0 Å². The molecule has 0 rings (SSSR count). The van der Waals surface area contributed by atoms with Crippen molar-refractivity contribution >= 4 is 41.5 Å². The Kier molecular flexibility index (Phi) is 11.2. The van der Waals surface area contributed by atoms with Gasteiger partial charge in [0.15, 0.2) is 0 Å². The van der Waals surface area contributed by atoms with E-state index in [9.17, 15) is 33.6 Å². The number of primary amides is 2. The van der Waals surface area contributed by atoms with E-state index in [2.05, 4.69) is 0 Å². The van der Waals surface area contributed by atoms with Gasteiger partial charge in [-0.05, 0) is 0 Å². The van der Waals surface area contributed by atoms with Gasteiger partial charge in [0.05, 0.1) is 31.9 Å². The van der Waals surface area contributed by atoms with Gasteiger partial charge >= 0.3 is 11.9 Å². The van der Waals surface area contributed by atoms with Gasteiger partial charge in [-0.25, -0.2) is 4.79 Å². The van der Waals surface area contributed by atoms with E-state index in [0.29, 0.717) is 0 Å². The van der Waals surface area contributed by atoms with Crippen molar-refractivity contribution in [2.24, 2.45) is 17.2 Å². The van der Waals surface area contributed by atoms with Crippen molar-refractivity contribution in [1.29, 1.82) is 0 Å². The number of carboxylic acid groups (broad SMARTS) is 2. The number of aliphatic hydroxyl groups is 1. The number of aliphatic carboxylic acids is 2. The van der Waals surface area contributed by atoms with Gasteiger partial charge in [-0.3, -0.25) is 28.8 Å². The molecule has 0 spiro atoms. The topological polar surface area (TPSA) is 294 Å². The molecular formula is C15H24N6O10. The van der Waals surface area contributed by atoms with Gasteiger partial charge in [-0.2, -0.15) is 0 Å². The molecule has 4 unspecified atom stereocenters. The molecule has 16 nitrogen and oxygen atoms in total. The van der Waals surface area contributed by atoms with Crippen LogP contribution in [0.5, 0.6) is 0 Å². The molecule has 0 saturated heterocycles. The molecule has 0 fully saturated rings. The number of amides is 5. The minimum Gasteiger partial charge on any atom is -0.481 e. The smallest absolute Gasteiger partial charge is 0.328 e. The molecule has 0 aromatic heterocycles. The van der Waals surface area contributed by atoms with Crippen LogP contribution >= 0.6 is 0 Å². The van der Waals surface area contributed by atoms with E-state index >= 15 is 0 Å². The number of carbonyl (C=O) groups is 7. The fraction of sp³-hybridized carbons (Fsp3) is 0.533. The highest BCUT2D eigenvalue weighted by atomic mass is 16.4. The van der Waals surface area contributed by atoms with Gasteiger partial charge in [0.25, 0.3) is 0 Å². The monoisotopic (exact) mass is 448 g/mol. The summed E-state index contributed by atoms with van der Waals surface area (Å²) >= 11 is 0. The molecule has 0 radical (unpaired) electrons. The van der Waals surface area contributed by atoms with E-state index in [0.717, 1.165) is 0 Å². The highest BCUT2D eigenvalue weighted by molar-refractivity contribution is 5.97. The number of nitrogens with two attached hydrogens (primary N) is 3. The van der Waals surface area contributed by atoms with Gasteiger partial charge in [0, 0.05) is 0 Å². The summed E-state index contributed by atoms with van der Waals surface area (Å²) < 4.78 is 0. The number of hydrogen-bond acceptors (Lipinski definition) is 9. The molecule has 0 heterocycles. The first-order valence-electron chi connectivity index (χ1n) is 8.57. The average molecular weight is 448 g/mol. The van der Waals surface area contributed by atoms with E-state index in [1.807, 2.05) is 16.0 Å². The molecule has 0 aliphatic heterocycles. The predicted octanol–water partition coefficient (Wildman–Crippen LogP) is -5.93. The van der Waals surface area contributed by atoms with Crippen LogP contribution in [0.4, 0.5) is 0 Å². The number of carboxylic acids is 2. The molecule has 4 atom stereocenters.